The number of amides is 2. The highest BCUT2D eigenvalue weighted by atomic mass is 16.3. The molecule has 2 rings (SSSR count). The predicted octanol–water partition coefficient (Wildman–Crippen LogP) is 1.42. The monoisotopic (exact) mass is 316 g/mol. The number of furan rings is 1. The minimum absolute atomic E-state index is 0.0385. The summed E-state index contributed by atoms with van der Waals surface area (Å²) in [6.07, 6.45) is 1.39. The summed E-state index contributed by atoms with van der Waals surface area (Å²) in [5.74, 6) is -0.713. The molecule has 2 aromatic rings. The van der Waals surface area contributed by atoms with Crippen molar-refractivity contribution in [1.82, 2.24) is 10.6 Å². The topological polar surface area (TPSA) is 91.6 Å². The third kappa shape index (κ3) is 4.43. The average Bonchev–Trinajstić information content (AvgIpc) is 3.08. The van der Waals surface area contributed by atoms with Gasteiger partial charge in [0, 0.05) is 0 Å². The smallest absolute Gasteiger partial charge is 0.287 e. The zero-order valence-corrected chi connectivity index (χ0v) is 13.1. The van der Waals surface area contributed by atoms with Crippen LogP contribution in [-0.4, -0.2) is 29.5 Å². The van der Waals surface area contributed by atoms with Crippen LogP contribution in [0.2, 0.25) is 0 Å². The molecule has 23 heavy (non-hydrogen) atoms. The van der Waals surface area contributed by atoms with E-state index in [0.29, 0.717) is 5.56 Å². The molecule has 1 aromatic carbocycles. The molecular formula is C17H20N2O4. The molecule has 0 saturated carbocycles. The summed E-state index contributed by atoms with van der Waals surface area (Å²) in [7, 11) is 0. The molecule has 0 aliphatic heterocycles. The van der Waals surface area contributed by atoms with Crippen LogP contribution in [0, 0.1) is 0 Å². The molecule has 0 radical (unpaired) electrons. The summed E-state index contributed by atoms with van der Waals surface area (Å²) in [6.45, 7) is 3.22. The summed E-state index contributed by atoms with van der Waals surface area (Å²) in [5, 5.41) is 15.6. The van der Waals surface area contributed by atoms with Crippen molar-refractivity contribution in [1.29, 1.82) is 0 Å². The number of hydrogen-bond acceptors (Lipinski definition) is 4. The molecule has 1 aromatic heterocycles. The van der Waals surface area contributed by atoms with Gasteiger partial charge in [-0.25, -0.2) is 0 Å². The lowest BCUT2D eigenvalue weighted by atomic mass is 9.96. The minimum atomic E-state index is -1.19. The fourth-order valence-corrected chi connectivity index (χ4v) is 2.05. The largest absolute Gasteiger partial charge is 0.459 e. The van der Waals surface area contributed by atoms with Crippen molar-refractivity contribution < 1.29 is 19.1 Å². The van der Waals surface area contributed by atoms with E-state index in [-0.39, 0.29) is 18.2 Å². The SMILES string of the molecule is CC(NC(=O)c1ccco1)C(=O)NCC(C)(O)c1ccccc1. The molecule has 6 heteroatoms. The van der Waals surface area contributed by atoms with E-state index in [4.69, 9.17) is 4.42 Å². The van der Waals surface area contributed by atoms with Crippen LogP contribution in [0.15, 0.2) is 53.1 Å². The van der Waals surface area contributed by atoms with E-state index >= 15 is 0 Å². The molecule has 2 atom stereocenters. The number of nitrogens with one attached hydrogen (secondary N) is 2. The van der Waals surface area contributed by atoms with E-state index in [2.05, 4.69) is 10.6 Å². The van der Waals surface area contributed by atoms with Crippen LogP contribution in [-0.2, 0) is 10.4 Å². The Kier molecular flexibility index (Phi) is 5.18. The third-order valence-electron chi connectivity index (χ3n) is 3.49. The zero-order valence-electron chi connectivity index (χ0n) is 13.1. The highest BCUT2D eigenvalue weighted by molar-refractivity contribution is 5.95. The highest BCUT2D eigenvalue weighted by Gasteiger charge is 2.25. The summed E-state index contributed by atoms with van der Waals surface area (Å²) in [4.78, 5) is 23.9. The van der Waals surface area contributed by atoms with Gasteiger partial charge in [-0.1, -0.05) is 30.3 Å². The Morgan fingerprint density at radius 1 is 1.22 bits per heavy atom. The number of hydrogen-bond donors (Lipinski definition) is 3. The molecule has 2 amide bonds. The number of carbonyl (C=O) groups is 2. The van der Waals surface area contributed by atoms with Crippen LogP contribution in [0.25, 0.3) is 0 Å². The molecule has 122 valence electrons. The van der Waals surface area contributed by atoms with Crippen LogP contribution in [0.3, 0.4) is 0 Å². The first-order valence-corrected chi connectivity index (χ1v) is 7.30. The van der Waals surface area contributed by atoms with E-state index in [1.807, 2.05) is 18.2 Å². The summed E-state index contributed by atoms with van der Waals surface area (Å²) in [5.41, 5.74) is -0.491. The average molecular weight is 316 g/mol. The molecule has 0 saturated heterocycles. The lowest BCUT2D eigenvalue weighted by Crippen LogP contribution is -2.48. The first-order valence-electron chi connectivity index (χ1n) is 7.30. The van der Waals surface area contributed by atoms with Gasteiger partial charge in [-0.3, -0.25) is 9.59 Å². The van der Waals surface area contributed by atoms with Crippen molar-refractivity contribution in [3.63, 3.8) is 0 Å². The second kappa shape index (κ2) is 7.11. The molecule has 3 N–H and O–H groups in total. The Labute approximate surface area is 134 Å². The van der Waals surface area contributed by atoms with Crippen molar-refractivity contribution in [2.45, 2.75) is 25.5 Å². The van der Waals surface area contributed by atoms with Crippen molar-refractivity contribution in [2.75, 3.05) is 6.54 Å². The van der Waals surface area contributed by atoms with Gasteiger partial charge in [-0.05, 0) is 31.5 Å². The first kappa shape index (κ1) is 16.8. The molecule has 0 bridgehead atoms. The quantitative estimate of drug-likeness (QED) is 0.751. The van der Waals surface area contributed by atoms with Crippen LogP contribution in [0.5, 0.6) is 0 Å². The highest BCUT2D eigenvalue weighted by Crippen LogP contribution is 2.18. The number of carbonyl (C=O) groups excluding carboxylic acids is 2. The fraction of sp³-hybridized carbons (Fsp3) is 0.294. The zero-order chi connectivity index (χ0) is 16.9. The first-order chi connectivity index (χ1) is 10.9. The van der Waals surface area contributed by atoms with Gasteiger partial charge < -0.3 is 20.2 Å². The predicted molar refractivity (Wildman–Crippen MR) is 84.7 cm³/mol. The minimum Gasteiger partial charge on any atom is -0.459 e. The maximum Gasteiger partial charge on any atom is 0.287 e. The van der Waals surface area contributed by atoms with Crippen molar-refractivity contribution in [2.24, 2.45) is 0 Å². The summed E-state index contributed by atoms with van der Waals surface area (Å²) < 4.78 is 4.96. The van der Waals surface area contributed by atoms with Crippen molar-refractivity contribution >= 4 is 11.8 Å². The molecule has 6 nitrogen and oxygen atoms in total. The van der Waals surface area contributed by atoms with Crippen LogP contribution in [0.1, 0.15) is 30.0 Å². The second-order valence-corrected chi connectivity index (χ2v) is 5.53. The van der Waals surface area contributed by atoms with Gasteiger partial charge in [0.2, 0.25) is 5.91 Å². The number of rotatable bonds is 6. The Morgan fingerprint density at radius 3 is 2.52 bits per heavy atom. The molecular weight excluding hydrogens is 296 g/mol. The molecule has 0 fully saturated rings. The number of benzene rings is 1. The third-order valence-corrected chi connectivity index (χ3v) is 3.49. The molecule has 0 spiro atoms. The van der Waals surface area contributed by atoms with E-state index in [0.717, 1.165) is 0 Å². The maximum atomic E-state index is 12.1. The van der Waals surface area contributed by atoms with Gasteiger partial charge in [0.05, 0.1) is 12.8 Å². The number of aliphatic hydroxyl groups is 1. The maximum absolute atomic E-state index is 12.1. The van der Waals surface area contributed by atoms with E-state index in [1.165, 1.54) is 12.3 Å². The molecule has 0 aliphatic carbocycles. The summed E-state index contributed by atoms with van der Waals surface area (Å²) >= 11 is 0. The van der Waals surface area contributed by atoms with E-state index in [9.17, 15) is 14.7 Å². The van der Waals surface area contributed by atoms with Crippen LogP contribution >= 0.6 is 0 Å². The standard InChI is InChI=1S/C17H20N2O4/c1-12(19-16(21)14-9-6-10-23-14)15(20)18-11-17(2,22)13-7-4-3-5-8-13/h3-10,12,22H,11H2,1-2H3,(H,18,20)(H,19,21). The fourth-order valence-electron chi connectivity index (χ4n) is 2.05. The van der Waals surface area contributed by atoms with Gasteiger partial charge in [-0.2, -0.15) is 0 Å². The Balaban J connectivity index is 1.87. The van der Waals surface area contributed by atoms with E-state index < -0.39 is 17.6 Å². The summed E-state index contributed by atoms with van der Waals surface area (Å²) in [6, 6.07) is 11.4. The molecule has 2 unspecified atom stereocenters. The van der Waals surface area contributed by atoms with Crippen molar-refractivity contribution in [3.8, 4) is 0 Å². The van der Waals surface area contributed by atoms with Gasteiger partial charge >= 0.3 is 0 Å². The Bertz CT molecular complexity index is 650. The molecule has 1 heterocycles. The van der Waals surface area contributed by atoms with Crippen LogP contribution < -0.4 is 10.6 Å². The second-order valence-electron chi connectivity index (χ2n) is 5.53. The van der Waals surface area contributed by atoms with Gasteiger partial charge in [0.1, 0.15) is 11.6 Å². The van der Waals surface area contributed by atoms with Gasteiger partial charge in [0.15, 0.2) is 5.76 Å². The van der Waals surface area contributed by atoms with Crippen LogP contribution in [0.4, 0.5) is 0 Å². The molecule has 0 aliphatic rings. The lowest BCUT2D eigenvalue weighted by molar-refractivity contribution is -0.123. The lowest BCUT2D eigenvalue weighted by Gasteiger charge is -2.25. The van der Waals surface area contributed by atoms with Crippen molar-refractivity contribution in [3.05, 3.63) is 60.1 Å². The van der Waals surface area contributed by atoms with Gasteiger partial charge in [0.25, 0.3) is 5.91 Å². The normalized spacial score (nSPS) is 14.6. The van der Waals surface area contributed by atoms with Gasteiger partial charge in [-0.15, -0.1) is 0 Å². The van der Waals surface area contributed by atoms with E-state index in [1.54, 1.807) is 32.0 Å². The Hall–Kier alpha value is -2.60. The Morgan fingerprint density at radius 2 is 1.91 bits per heavy atom.